The van der Waals surface area contributed by atoms with Crippen LogP contribution in [0, 0.1) is 6.92 Å². The molecular formula is C14H19N3S. The zero-order valence-corrected chi connectivity index (χ0v) is 11.8. The molecule has 0 amide bonds. The Morgan fingerprint density at radius 1 is 1.44 bits per heavy atom. The lowest BCUT2D eigenvalue weighted by atomic mass is 10.1. The van der Waals surface area contributed by atoms with E-state index in [0.29, 0.717) is 6.04 Å². The molecule has 1 aromatic heterocycles. The van der Waals surface area contributed by atoms with Gasteiger partial charge in [-0.15, -0.1) is 0 Å². The number of likely N-dealkylation sites (N-methyl/N-ethyl adjacent to an activating group) is 1. The van der Waals surface area contributed by atoms with E-state index in [1.165, 1.54) is 29.6 Å². The molecule has 2 aromatic rings. The predicted molar refractivity (Wildman–Crippen MR) is 78.5 cm³/mol. The van der Waals surface area contributed by atoms with Crippen molar-refractivity contribution in [3.8, 4) is 0 Å². The maximum Gasteiger partial charge on any atom is 0.184 e. The van der Waals surface area contributed by atoms with Gasteiger partial charge in [0.2, 0.25) is 0 Å². The number of nitrogens with one attached hydrogen (secondary N) is 1. The molecule has 2 heterocycles. The number of thiazole rings is 1. The summed E-state index contributed by atoms with van der Waals surface area (Å²) in [4.78, 5) is 7.05. The van der Waals surface area contributed by atoms with E-state index in [1.807, 2.05) is 0 Å². The van der Waals surface area contributed by atoms with E-state index in [0.717, 1.165) is 17.2 Å². The highest BCUT2D eigenvalue weighted by Crippen LogP contribution is 2.28. The molecule has 3 rings (SSSR count). The number of piperidine rings is 1. The summed E-state index contributed by atoms with van der Waals surface area (Å²) in [6, 6.07) is 7.00. The molecule has 18 heavy (non-hydrogen) atoms. The van der Waals surface area contributed by atoms with Crippen molar-refractivity contribution in [2.75, 3.05) is 25.5 Å². The molecule has 1 N–H and O–H groups in total. The van der Waals surface area contributed by atoms with Crippen molar-refractivity contribution in [1.29, 1.82) is 0 Å². The first-order valence-electron chi connectivity index (χ1n) is 6.53. The predicted octanol–water partition coefficient (Wildman–Crippen LogP) is 3.11. The summed E-state index contributed by atoms with van der Waals surface area (Å²) in [5.41, 5.74) is 2.41. The Bertz CT molecular complexity index is 549. The number of aryl methyl sites for hydroxylation is 1. The molecule has 0 spiro atoms. The van der Waals surface area contributed by atoms with Gasteiger partial charge in [-0.05, 0) is 51.1 Å². The number of hydrogen-bond donors (Lipinski definition) is 1. The van der Waals surface area contributed by atoms with E-state index in [4.69, 9.17) is 0 Å². The third kappa shape index (κ3) is 2.49. The number of benzene rings is 1. The zero-order chi connectivity index (χ0) is 12.5. The van der Waals surface area contributed by atoms with Crippen molar-refractivity contribution in [2.45, 2.75) is 25.8 Å². The van der Waals surface area contributed by atoms with Crippen LogP contribution < -0.4 is 5.32 Å². The topological polar surface area (TPSA) is 28.2 Å². The van der Waals surface area contributed by atoms with Gasteiger partial charge in [-0.25, -0.2) is 4.98 Å². The van der Waals surface area contributed by atoms with Crippen LogP contribution in [0.3, 0.4) is 0 Å². The number of rotatable bonds is 2. The quantitative estimate of drug-likeness (QED) is 0.900. The van der Waals surface area contributed by atoms with Crippen LogP contribution in [0.15, 0.2) is 18.2 Å². The van der Waals surface area contributed by atoms with Gasteiger partial charge in [0, 0.05) is 12.6 Å². The Morgan fingerprint density at radius 3 is 3.17 bits per heavy atom. The Kier molecular flexibility index (Phi) is 3.22. The van der Waals surface area contributed by atoms with Gasteiger partial charge in [0.1, 0.15) is 0 Å². The Morgan fingerprint density at radius 2 is 2.33 bits per heavy atom. The number of hydrogen-bond acceptors (Lipinski definition) is 4. The number of anilines is 1. The molecule has 1 fully saturated rings. The minimum atomic E-state index is 0.547. The average Bonchev–Trinajstić information content (AvgIpc) is 2.70. The van der Waals surface area contributed by atoms with Crippen molar-refractivity contribution in [2.24, 2.45) is 0 Å². The van der Waals surface area contributed by atoms with Gasteiger partial charge in [-0.1, -0.05) is 17.4 Å². The number of likely N-dealkylation sites (tertiary alicyclic amines) is 1. The van der Waals surface area contributed by atoms with Crippen LogP contribution in [0.5, 0.6) is 0 Å². The first kappa shape index (κ1) is 11.9. The summed E-state index contributed by atoms with van der Waals surface area (Å²) in [6.07, 6.45) is 2.53. The van der Waals surface area contributed by atoms with Crippen molar-refractivity contribution >= 4 is 26.7 Å². The van der Waals surface area contributed by atoms with Crippen LogP contribution >= 0.6 is 11.3 Å². The summed E-state index contributed by atoms with van der Waals surface area (Å²) < 4.78 is 1.28. The molecule has 0 aliphatic carbocycles. The maximum absolute atomic E-state index is 4.66. The Balaban J connectivity index is 1.78. The fourth-order valence-corrected chi connectivity index (χ4v) is 3.59. The smallest absolute Gasteiger partial charge is 0.184 e. The zero-order valence-electron chi connectivity index (χ0n) is 10.9. The first-order valence-corrected chi connectivity index (χ1v) is 7.34. The molecule has 1 unspecified atom stereocenters. The third-order valence-corrected chi connectivity index (χ3v) is 4.45. The third-order valence-electron chi connectivity index (χ3n) is 3.50. The van der Waals surface area contributed by atoms with Gasteiger partial charge in [-0.2, -0.15) is 0 Å². The fraction of sp³-hybridized carbons (Fsp3) is 0.500. The first-order chi connectivity index (χ1) is 8.70. The summed E-state index contributed by atoms with van der Waals surface area (Å²) in [6.45, 7) is 4.47. The van der Waals surface area contributed by atoms with E-state index < -0.39 is 0 Å². The Labute approximate surface area is 112 Å². The normalized spacial score (nSPS) is 21.3. The molecule has 1 saturated heterocycles. The van der Waals surface area contributed by atoms with Crippen LogP contribution in [-0.4, -0.2) is 36.1 Å². The van der Waals surface area contributed by atoms with Gasteiger partial charge in [0.05, 0.1) is 10.2 Å². The van der Waals surface area contributed by atoms with Gasteiger partial charge >= 0.3 is 0 Å². The molecule has 0 saturated carbocycles. The van der Waals surface area contributed by atoms with Crippen LogP contribution in [0.2, 0.25) is 0 Å². The lowest BCUT2D eigenvalue weighted by Gasteiger charge is -2.29. The lowest BCUT2D eigenvalue weighted by molar-refractivity contribution is 0.261. The van der Waals surface area contributed by atoms with Crippen LogP contribution in [-0.2, 0) is 0 Å². The molecule has 1 aromatic carbocycles. The minimum Gasteiger partial charge on any atom is -0.357 e. The molecule has 3 nitrogen and oxygen atoms in total. The van der Waals surface area contributed by atoms with E-state index in [1.54, 1.807) is 11.3 Å². The van der Waals surface area contributed by atoms with Crippen LogP contribution in [0.1, 0.15) is 18.4 Å². The largest absolute Gasteiger partial charge is 0.357 e. The molecule has 0 bridgehead atoms. The summed E-state index contributed by atoms with van der Waals surface area (Å²) in [5, 5.41) is 4.65. The second kappa shape index (κ2) is 4.86. The van der Waals surface area contributed by atoms with Crippen molar-refractivity contribution in [1.82, 2.24) is 9.88 Å². The molecular weight excluding hydrogens is 242 g/mol. The highest BCUT2D eigenvalue weighted by molar-refractivity contribution is 7.22. The summed E-state index contributed by atoms with van der Waals surface area (Å²) >= 11 is 1.77. The molecule has 96 valence electrons. The van der Waals surface area contributed by atoms with Crippen molar-refractivity contribution < 1.29 is 0 Å². The minimum absolute atomic E-state index is 0.547. The molecule has 1 aliphatic rings. The SMILES string of the molecule is Cc1ccc2nc(NC3CCCN(C)C3)sc2c1. The fourth-order valence-electron chi connectivity index (χ4n) is 2.55. The van der Waals surface area contributed by atoms with E-state index >= 15 is 0 Å². The number of aromatic nitrogens is 1. The number of fused-ring (bicyclic) bond motifs is 1. The number of nitrogens with zero attached hydrogens (tertiary/aromatic N) is 2. The van der Waals surface area contributed by atoms with E-state index in [9.17, 15) is 0 Å². The average molecular weight is 261 g/mol. The highest BCUT2D eigenvalue weighted by Gasteiger charge is 2.18. The standard InChI is InChI=1S/C14H19N3S/c1-10-5-6-12-13(8-10)18-14(16-12)15-11-4-3-7-17(2)9-11/h5-6,8,11H,3-4,7,9H2,1-2H3,(H,15,16). The van der Waals surface area contributed by atoms with Gasteiger partial charge in [0.15, 0.2) is 5.13 Å². The van der Waals surface area contributed by atoms with Crippen LogP contribution in [0.4, 0.5) is 5.13 Å². The molecule has 0 radical (unpaired) electrons. The van der Waals surface area contributed by atoms with Crippen molar-refractivity contribution in [3.05, 3.63) is 23.8 Å². The second-order valence-electron chi connectivity index (χ2n) is 5.24. The Hall–Kier alpha value is -1.13. The van der Waals surface area contributed by atoms with Gasteiger partial charge < -0.3 is 10.2 Å². The maximum atomic E-state index is 4.66. The van der Waals surface area contributed by atoms with E-state index in [-0.39, 0.29) is 0 Å². The summed E-state index contributed by atoms with van der Waals surface area (Å²) in [7, 11) is 2.19. The van der Waals surface area contributed by atoms with E-state index in [2.05, 4.69) is 47.4 Å². The lowest BCUT2D eigenvalue weighted by Crippen LogP contribution is -2.39. The van der Waals surface area contributed by atoms with Gasteiger partial charge in [0.25, 0.3) is 0 Å². The van der Waals surface area contributed by atoms with Gasteiger partial charge in [-0.3, -0.25) is 0 Å². The molecule has 1 atom stereocenters. The summed E-state index contributed by atoms with van der Waals surface area (Å²) in [5.74, 6) is 0. The van der Waals surface area contributed by atoms with Crippen molar-refractivity contribution in [3.63, 3.8) is 0 Å². The molecule has 4 heteroatoms. The van der Waals surface area contributed by atoms with Crippen LogP contribution in [0.25, 0.3) is 10.2 Å². The monoisotopic (exact) mass is 261 g/mol. The highest BCUT2D eigenvalue weighted by atomic mass is 32.1. The second-order valence-corrected chi connectivity index (χ2v) is 6.27. The molecule has 1 aliphatic heterocycles.